The second-order valence-electron chi connectivity index (χ2n) is 4.70. The highest BCUT2D eigenvalue weighted by Gasteiger charge is 2.57. The van der Waals surface area contributed by atoms with Crippen LogP contribution in [0.15, 0.2) is 24.3 Å². The summed E-state index contributed by atoms with van der Waals surface area (Å²) in [4.78, 5) is 11.8. The topological polar surface area (TPSA) is 26.3 Å². The third kappa shape index (κ3) is 1.36. The highest BCUT2D eigenvalue weighted by molar-refractivity contribution is 5.78. The first-order valence-corrected chi connectivity index (χ1v) is 6.07. The normalized spacial score (nSPS) is 30.2. The third-order valence-electron chi connectivity index (χ3n) is 3.89. The molecule has 16 heavy (non-hydrogen) atoms. The lowest BCUT2D eigenvalue weighted by atomic mass is 9.92. The smallest absolute Gasteiger partial charge is 0.309 e. The summed E-state index contributed by atoms with van der Waals surface area (Å²) in [6, 6.07) is 8.51. The largest absolute Gasteiger partial charge is 0.466 e. The molecular formula is C14H16O2. The van der Waals surface area contributed by atoms with Gasteiger partial charge in [-0.3, -0.25) is 4.79 Å². The summed E-state index contributed by atoms with van der Waals surface area (Å²) in [7, 11) is 0. The zero-order chi connectivity index (χ0) is 11.1. The molecule has 2 aliphatic rings. The van der Waals surface area contributed by atoms with Crippen LogP contribution in [-0.4, -0.2) is 12.6 Å². The highest BCUT2D eigenvalue weighted by atomic mass is 16.5. The number of fused-ring (bicyclic) bond motifs is 3. The fourth-order valence-corrected chi connectivity index (χ4v) is 3.13. The minimum Gasteiger partial charge on any atom is -0.466 e. The lowest BCUT2D eigenvalue weighted by molar-refractivity contribution is -0.145. The maximum Gasteiger partial charge on any atom is 0.309 e. The van der Waals surface area contributed by atoms with Crippen molar-refractivity contribution < 1.29 is 9.53 Å². The minimum absolute atomic E-state index is 0.00852. The second kappa shape index (κ2) is 3.62. The Bertz CT molecular complexity index is 424. The maximum atomic E-state index is 11.8. The summed E-state index contributed by atoms with van der Waals surface area (Å²) in [6.45, 7) is 2.37. The fourth-order valence-electron chi connectivity index (χ4n) is 3.13. The molecule has 2 nitrogen and oxygen atoms in total. The van der Waals surface area contributed by atoms with Crippen LogP contribution in [0.4, 0.5) is 0 Å². The van der Waals surface area contributed by atoms with Gasteiger partial charge in [0.05, 0.1) is 12.5 Å². The van der Waals surface area contributed by atoms with Gasteiger partial charge in [-0.2, -0.15) is 0 Å². The van der Waals surface area contributed by atoms with Gasteiger partial charge >= 0.3 is 5.97 Å². The van der Waals surface area contributed by atoms with E-state index in [9.17, 15) is 4.79 Å². The molecule has 2 aliphatic carbocycles. The Labute approximate surface area is 95.6 Å². The van der Waals surface area contributed by atoms with E-state index in [1.807, 2.05) is 6.92 Å². The van der Waals surface area contributed by atoms with Crippen molar-refractivity contribution in [2.24, 2.45) is 11.8 Å². The first kappa shape index (κ1) is 9.88. The average molecular weight is 216 g/mol. The van der Waals surface area contributed by atoms with Crippen LogP contribution in [0.3, 0.4) is 0 Å². The Morgan fingerprint density at radius 2 is 2.25 bits per heavy atom. The molecule has 0 heterocycles. The van der Waals surface area contributed by atoms with Crippen molar-refractivity contribution in [1.29, 1.82) is 0 Å². The number of hydrogen-bond acceptors (Lipinski definition) is 2. The van der Waals surface area contributed by atoms with Crippen molar-refractivity contribution in [1.82, 2.24) is 0 Å². The number of ether oxygens (including phenoxy) is 1. The van der Waals surface area contributed by atoms with Crippen molar-refractivity contribution in [2.75, 3.05) is 6.61 Å². The van der Waals surface area contributed by atoms with Gasteiger partial charge < -0.3 is 4.74 Å². The van der Waals surface area contributed by atoms with Gasteiger partial charge in [-0.15, -0.1) is 0 Å². The number of carbonyl (C=O) groups excluding carboxylic acids is 1. The van der Waals surface area contributed by atoms with E-state index in [1.54, 1.807) is 0 Å². The van der Waals surface area contributed by atoms with E-state index < -0.39 is 0 Å². The van der Waals surface area contributed by atoms with E-state index in [0.717, 1.165) is 12.8 Å². The summed E-state index contributed by atoms with van der Waals surface area (Å²) in [5.41, 5.74) is 2.81. The Morgan fingerprint density at radius 1 is 1.44 bits per heavy atom. The highest BCUT2D eigenvalue weighted by Crippen LogP contribution is 2.60. The molecule has 0 saturated heterocycles. The van der Waals surface area contributed by atoms with Gasteiger partial charge in [-0.05, 0) is 36.8 Å². The molecule has 0 aliphatic heterocycles. The second-order valence-corrected chi connectivity index (χ2v) is 4.70. The summed E-state index contributed by atoms with van der Waals surface area (Å²) in [5, 5.41) is 0. The molecule has 3 rings (SSSR count). The molecule has 0 spiro atoms. The quantitative estimate of drug-likeness (QED) is 0.710. The van der Waals surface area contributed by atoms with E-state index in [4.69, 9.17) is 4.74 Å². The van der Waals surface area contributed by atoms with Crippen molar-refractivity contribution in [3.63, 3.8) is 0 Å². The fraction of sp³-hybridized carbons (Fsp3) is 0.500. The van der Waals surface area contributed by atoms with Crippen LogP contribution >= 0.6 is 0 Å². The van der Waals surface area contributed by atoms with Crippen molar-refractivity contribution in [2.45, 2.75) is 25.7 Å². The van der Waals surface area contributed by atoms with Crippen LogP contribution < -0.4 is 0 Å². The number of rotatable bonds is 2. The Kier molecular flexibility index (Phi) is 2.23. The number of benzene rings is 1. The van der Waals surface area contributed by atoms with Gasteiger partial charge in [0.2, 0.25) is 0 Å². The van der Waals surface area contributed by atoms with Crippen LogP contribution in [0.2, 0.25) is 0 Å². The van der Waals surface area contributed by atoms with Crippen LogP contribution in [-0.2, 0) is 16.0 Å². The molecule has 1 aromatic carbocycles. The average Bonchev–Trinajstić information content (AvgIpc) is 3.04. The number of carbonyl (C=O) groups is 1. The van der Waals surface area contributed by atoms with Crippen LogP contribution in [0.1, 0.15) is 30.4 Å². The van der Waals surface area contributed by atoms with Crippen molar-refractivity contribution in [3.8, 4) is 0 Å². The molecular weight excluding hydrogens is 200 g/mol. The van der Waals surface area contributed by atoms with Crippen molar-refractivity contribution in [3.05, 3.63) is 35.4 Å². The van der Waals surface area contributed by atoms with E-state index in [1.165, 1.54) is 11.1 Å². The monoisotopic (exact) mass is 216 g/mol. The molecule has 0 N–H and O–H groups in total. The van der Waals surface area contributed by atoms with Crippen LogP contribution in [0.5, 0.6) is 0 Å². The van der Waals surface area contributed by atoms with E-state index in [-0.39, 0.29) is 11.9 Å². The SMILES string of the molecule is CCOC(=O)[C@@H]1[C@@H]2CCc3ccccc3[C@@H]21. The predicted octanol–water partition coefficient (Wildman–Crippen LogP) is 2.53. The van der Waals surface area contributed by atoms with Gasteiger partial charge in [-0.25, -0.2) is 0 Å². The number of esters is 1. The van der Waals surface area contributed by atoms with Gasteiger partial charge in [0.15, 0.2) is 0 Å². The molecule has 1 fully saturated rings. The van der Waals surface area contributed by atoms with E-state index >= 15 is 0 Å². The standard InChI is InChI=1S/C14H16O2/c1-2-16-14(15)13-11-8-7-9-5-3-4-6-10(9)12(11)13/h3-6,11-13H,2,7-8H2,1H3/t11-,12+,13-/m1/s1. The first-order chi connectivity index (χ1) is 7.83. The molecule has 3 atom stereocenters. The van der Waals surface area contributed by atoms with Gasteiger partial charge in [0, 0.05) is 5.92 Å². The Morgan fingerprint density at radius 3 is 3.06 bits per heavy atom. The molecule has 0 aromatic heterocycles. The maximum absolute atomic E-state index is 11.8. The summed E-state index contributed by atoms with van der Waals surface area (Å²) >= 11 is 0. The molecule has 0 unspecified atom stereocenters. The third-order valence-corrected chi connectivity index (χ3v) is 3.89. The zero-order valence-electron chi connectivity index (χ0n) is 9.48. The zero-order valence-corrected chi connectivity index (χ0v) is 9.48. The molecule has 1 aromatic rings. The van der Waals surface area contributed by atoms with Gasteiger partial charge in [-0.1, -0.05) is 24.3 Å². The molecule has 0 amide bonds. The predicted molar refractivity (Wildman–Crippen MR) is 61.1 cm³/mol. The lowest BCUT2D eigenvalue weighted by Crippen LogP contribution is -2.08. The van der Waals surface area contributed by atoms with Crippen LogP contribution in [0.25, 0.3) is 0 Å². The Hall–Kier alpha value is -1.31. The molecule has 0 radical (unpaired) electrons. The lowest BCUT2D eigenvalue weighted by Gasteiger charge is -2.13. The van der Waals surface area contributed by atoms with E-state index in [2.05, 4.69) is 24.3 Å². The van der Waals surface area contributed by atoms with Gasteiger partial charge in [0.1, 0.15) is 0 Å². The van der Waals surface area contributed by atoms with E-state index in [0.29, 0.717) is 18.4 Å². The Balaban J connectivity index is 1.85. The van der Waals surface area contributed by atoms with Crippen LogP contribution in [0, 0.1) is 11.8 Å². The molecule has 1 saturated carbocycles. The number of aryl methyl sites for hydroxylation is 1. The molecule has 0 bridgehead atoms. The minimum atomic E-state index is 0.00852. The first-order valence-electron chi connectivity index (χ1n) is 6.07. The number of hydrogen-bond donors (Lipinski definition) is 0. The summed E-state index contributed by atoms with van der Waals surface area (Å²) in [6.07, 6.45) is 2.26. The van der Waals surface area contributed by atoms with Crippen molar-refractivity contribution >= 4 is 5.97 Å². The molecule has 84 valence electrons. The summed E-state index contributed by atoms with van der Waals surface area (Å²) in [5.74, 6) is 1.15. The molecule has 2 heteroatoms. The van der Waals surface area contributed by atoms with Gasteiger partial charge in [0.25, 0.3) is 0 Å². The summed E-state index contributed by atoms with van der Waals surface area (Å²) < 4.78 is 5.13.